The number of allylic oxidation sites excluding steroid dienone is 1. The molecule has 7 heteroatoms. The maximum Gasteiger partial charge on any atom is 0.319 e. The lowest BCUT2D eigenvalue weighted by Gasteiger charge is -2.44. The summed E-state index contributed by atoms with van der Waals surface area (Å²) in [4.78, 5) is 0.239. The van der Waals surface area contributed by atoms with Crippen LogP contribution in [0, 0.1) is 18.7 Å². The van der Waals surface area contributed by atoms with Crippen LogP contribution in [0.1, 0.15) is 45.2 Å². The van der Waals surface area contributed by atoms with Gasteiger partial charge in [-0.15, -0.1) is 0 Å². The minimum atomic E-state index is -3.88. The van der Waals surface area contributed by atoms with E-state index in [1.807, 2.05) is 62.4 Å². The average Bonchev–Trinajstić information content (AvgIpc) is 3.21. The number of aryl methyl sites for hydroxylation is 1. The Labute approximate surface area is 269 Å². The zero-order valence-corrected chi connectivity index (χ0v) is 28.6. The molecule has 0 unspecified atom stereocenters. The number of nitrogens with zero attached hydrogens (tertiary/aromatic N) is 1. The van der Waals surface area contributed by atoms with Crippen LogP contribution in [0.3, 0.4) is 0 Å². The highest BCUT2D eigenvalue weighted by atomic mass is 32.2. The van der Waals surface area contributed by atoms with E-state index >= 15 is 0 Å². The number of benzene rings is 4. The summed E-state index contributed by atoms with van der Waals surface area (Å²) in [6.07, 6.45) is 0.465. The minimum Gasteiger partial charge on any atom is -0.537 e. The van der Waals surface area contributed by atoms with Crippen molar-refractivity contribution in [3.63, 3.8) is 0 Å². The van der Waals surface area contributed by atoms with Crippen LogP contribution in [-0.2, 0) is 14.4 Å². The highest BCUT2D eigenvalue weighted by Gasteiger charge is 2.53. The maximum atomic E-state index is 14.2. The van der Waals surface area contributed by atoms with E-state index in [2.05, 4.69) is 51.6 Å². The minimum absolute atomic E-state index is 0.0825. The van der Waals surface area contributed by atoms with E-state index in [-0.39, 0.29) is 34.8 Å². The second-order valence-corrected chi connectivity index (χ2v) is 19.2. The largest absolute Gasteiger partial charge is 0.537 e. The first-order chi connectivity index (χ1) is 21.3. The van der Waals surface area contributed by atoms with Crippen LogP contribution in [0.25, 0.3) is 5.57 Å². The zero-order valence-electron chi connectivity index (χ0n) is 26.8. The fourth-order valence-electron chi connectivity index (χ4n) is 6.20. The van der Waals surface area contributed by atoms with E-state index in [0.29, 0.717) is 6.42 Å². The fraction of sp³-hybridized carbons (Fsp3) is 0.263. The first kappa shape index (κ1) is 32.6. The molecule has 0 N–H and O–H groups in total. The van der Waals surface area contributed by atoms with Crippen LogP contribution in [0.4, 0.5) is 4.39 Å². The Balaban J connectivity index is 1.78. The Morgan fingerprint density at radius 3 is 1.89 bits per heavy atom. The molecule has 4 aromatic carbocycles. The average molecular weight is 640 g/mol. The first-order valence-corrected chi connectivity index (χ1v) is 18.7. The summed E-state index contributed by atoms with van der Waals surface area (Å²) < 4.78 is 51.8. The molecule has 0 fully saturated rings. The summed E-state index contributed by atoms with van der Waals surface area (Å²) in [5, 5.41) is 1.93. The number of halogens is 1. The number of hydrogen-bond acceptors (Lipinski definition) is 3. The normalized spacial score (nSPS) is 16.7. The third kappa shape index (κ3) is 6.62. The van der Waals surface area contributed by atoms with Gasteiger partial charge in [-0.25, -0.2) is 12.8 Å². The molecule has 1 aliphatic rings. The quantitative estimate of drug-likeness (QED) is 0.147. The molecule has 1 heterocycles. The van der Waals surface area contributed by atoms with Gasteiger partial charge in [-0.2, -0.15) is 4.31 Å². The van der Waals surface area contributed by atoms with Crippen LogP contribution in [0.5, 0.6) is 0 Å². The summed E-state index contributed by atoms with van der Waals surface area (Å²) in [7, 11) is -6.95. The fourth-order valence-corrected chi connectivity index (χ4v) is 12.2. The van der Waals surface area contributed by atoms with E-state index in [1.54, 1.807) is 24.3 Å². The van der Waals surface area contributed by atoms with E-state index < -0.39 is 18.3 Å². The van der Waals surface area contributed by atoms with Crippen molar-refractivity contribution in [1.29, 1.82) is 0 Å². The topological polar surface area (TPSA) is 46.6 Å². The molecular formula is C38H42FNO3SSi. The molecule has 4 nitrogen and oxygen atoms in total. The van der Waals surface area contributed by atoms with Crippen molar-refractivity contribution in [2.24, 2.45) is 5.92 Å². The predicted octanol–water partition coefficient (Wildman–Crippen LogP) is 7.71. The zero-order chi connectivity index (χ0) is 32.4. The second kappa shape index (κ2) is 12.9. The third-order valence-corrected chi connectivity index (χ3v) is 15.6. The van der Waals surface area contributed by atoms with Gasteiger partial charge >= 0.3 is 8.32 Å². The van der Waals surface area contributed by atoms with Crippen molar-refractivity contribution in [2.75, 3.05) is 13.1 Å². The van der Waals surface area contributed by atoms with E-state index in [0.717, 1.165) is 38.4 Å². The van der Waals surface area contributed by atoms with Gasteiger partial charge in [0.25, 0.3) is 0 Å². The molecule has 0 aromatic heterocycles. The smallest absolute Gasteiger partial charge is 0.319 e. The molecule has 0 aliphatic carbocycles. The molecule has 0 radical (unpaired) electrons. The molecule has 45 heavy (non-hydrogen) atoms. The van der Waals surface area contributed by atoms with Crippen molar-refractivity contribution in [1.82, 2.24) is 4.31 Å². The Morgan fingerprint density at radius 1 is 0.867 bits per heavy atom. The molecule has 1 atom stereocenters. The molecule has 5 rings (SSSR count). The van der Waals surface area contributed by atoms with Crippen LogP contribution >= 0.6 is 0 Å². The molecule has 0 saturated heterocycles. The van der Waals surface area contributed by atoms with Crippen molar-refractivity contribution in [2.45, 2.75) is 51.0 Å². The van der Waals surface area contributed by atoms with E-state index in [9.17, 15) is 12.8 Å². The van der Waals surface area contributed by atoms with Gasteiger partial charge in [0.15, 0.2) is 0 Å². The first-order valence-electron chi connectivity index (χ1n) is 15.3. The van der Waals surface area contributed by atoms with Crippen LogP contribution < -0.4 is 10.4 Å². The molecule has 1 aliphatic heterocycles. The predicted molar refractivity (Wildman–Crippen MR) is 185 cm³/mol. The maximum absolute atomic E-state index is 14.2. The lowest BCUT2D eigenvalue weighted by molar-refractivity contribution is 0.349. The highest BCUT2D eigenvalue weighted by molar-refractivity contribution is 7.89. The van der Waals surface area contributed by atoms with Gasteiger partial charge in [0, 0.05) is 31.0 Å². The Bertz CT molecular complexity index is 1740. The highest BCUT2D eigenvalue weighted by Crippen LogP contribution is 2.42. The second-order valence-electron chi connectivity index (χ2n) is 13.0. The third-order valence-electron chi connectivity index (χ3n) is 8.77. The number of sulfonamides is 1. The molecular weight excluding hydrogens is 598 g/mol. The number of rotatable bonds is 8. The van der Waals surface area contributed by atoms with Gasteiger partial charge in [0.1, 0.15) is 5.82 Å². The van der Waals surface area contributed by atoms with Crippen molar-refractivity contribution < 1.29 is 17.2 Å². The van der Waals surface area contributed by atoms with E-state index in [4.69, 9.17) is 4.43 Å². The van der Waals surface area contributed by atoms with Crippen molar-refractivity contribution in [3.05, 3.63) is 144 Å². The van der Waals surface area contributed by atoms with Crippen molar-refractivity contribution >= 4 is 34.3 Å². The van der Waals surface area contributed by atoms with Gasteiger partial charge in [-0.05, 0) is 59.1 Å². The monoisotopic (exact) mass is 639 g/mol. The summed E-state index contributed by atoms with van der Waals surface area (Å²) in [5.74, 6) is 0.174. The van der Waals surface area contributed by atoms with Crippen molar-refractivity contribution in [3.8, 4) is 0 Å². The molecule has 0 bridgehead atoms. The summed E-state index contributed by atoms with van der Waals surface area (Å²) in [5.41, 5.74) is 3.33. The van der Waals surface area contributed by atoms with Crippen LogP contribution in [-0.4, -0.2) is 34.1 Å². The van der Waals surface area contributed by atoms with Gasteiger partial charge in [0.05, 0.1) is 10.7 Å². The standard InChI is InChI=1S/C38H42FNO3SSi/c1-28(2)31-25-37(43-45(38(4,5)6,34-13-9-7-10-14-34)35-15-11-8-12-16-35)36(30-19-21-32(39)22-20-30)27-40(26-31)44(41,42)33-23-17-29(3)18-24-33/h7-24,31H,1,25-27H2,2-6H3/t31-/m1/s1. The summed E-state index contributed by atoms with van der Waals surface area (Å²) in [6.45, 7) is 15.2. The summed E-state index contributed by atoms with van der Waals surface area (Å²) >= 11 is 0. The Kier molecular flexibility index (Phi) is 9.35. The van der Waals surface area contributed by atoms with Crippen LogP contribution in [0.15, 0.2) is 132 Å². The lowest BCUT2D eigenvalue weighted by atomic mass is 9.95. The molecule has 234 valence electrons. The Morgan fingerprint density at radius 2 is 1.40 bits per heavy atom. The molecule has 4 aromatic rings. The SMILES string of the molecule is C=C(C)[C@@H]1CC(O[Si](c2ccccc2)(c2ccccc2)C(C)(C)C)=C(c2ccc(F)cc2)CN(S(=O)(=O)c2ccc(C)cc2)C1. The Hall–Kier alpha value is -3.78. The van der Waals surface area contributed by atoms with Gasteiger partial charge in [-0.1, -0.05) is 123 Å². The van der Waals surface area contributed by atoms with Crippen LogP contribution in [0.2, 0.25) is 5.04 Å². The van der Waals surface area contributed by atoms with Gasteiger partial charge in [-0.3, -0.25) is 0 Å². The number of hydrogen-bond donors (Lipinski definition) is 0. The molecule has 0 spiro atoms. The lowest BCUT2D eigenvalue weighted by Crippen LogP contribution is -2.66. The molecule has 0 amide bonds. The van der Waals surface area contributed by atoms with Gasteiger partial charge in [0.2, 0.25) is 10.0 Å². The molecule has 0 saturated carbocycles. The van der Waals surface area contributed by atoms with Gasteiger partial charge < -0.3 is 4.43 Å². The summed E-state index contributed by atoms with van der Waals surface area (Å²) in [6, 6.07) is 34.0. The van der Waals surface area contributed by atoms with E-state index in [1.165, 1.54) is 16.4 Å².